The van der Waals surface area contributed by atoms with Crippen molar-refractivity contribution in [3.05, 3.63) is 39.8 Å². The summed E-state index contributed by atoms with van der Waals surface area (Å²) in [6.07, 6.45) is 6.66. The van der Waals surface area contributed by atoms with Crippen LogP contribution in [0.15, 0.2) is 29.2 Å². The first-order valence-electron chi connectivity index (χ1n) is 10.9. The summed E-state index contributed by atoms with van der Waals surface area (Å²) in [5.41, 5.74) is 0.514. The van der Waals surface area contributed by atoms with Gasteiger partial charge in [-0.3, -0.25) is 14.2 Å². The molecule has 31 heavy (non-hydrogen) atoms. The summed E-state index contributed by atoms with van der Waals surface area (Å²) < 4.78 is 6.69. The monoisotopic (exact) mass is 442 g/mol. The molecule has 0 aliphatic heterocycles. The first-order chi connectivity index (χ1) is 15.0. The topological polar surface area (TPSA) is 86.1 Å². The molecule has 1 N–H and O–H groups in total. The first kappa shape index (κ1) is 21.6. The lowest BCUT2D eigenvalue weighted by atomic mass is 9.85. The van der Waals surface area contributed by atoms with Crippen molar-refractivity contribution in [2.45, 2.75) is 51.5 Å². The lowest BCUT2D eigenvalue weighted by molar-refractivity contribution is -0.146. The number of carbonyl (C=O) groups is 1. The van der Waals surface area contributed by atoms with Crippen molar-refractivity contribution >= 4 is 45.3 Å². The Morgan fingerprint density at radius 2 is 2.00 bits per heavy atom. The van der Waals surface area contributed by atoms with Crippen LogP contribution in [-0.2, 0) is 9.53 Å². The molecule has 2 heterocycles. The van der Waals surface area contributed by atoms with Crippen molar-refractivity contribution in [1.82, 2.24) is 14.5 Å². The van der Waals surface area contributed by atoms with Crippen molar-refractivity contribution in [3.8, 4) is 0 Å². The highest BCUT2D eigenvalue weighted by Crippen LogP contribution is 2.35. The van der Waals surface area contributed by atoms with E-state index in [0.29, 0.717) is 47.7 Å². The van der Waals surface area contributed by atoms with Gasteiger partial charge in [0.25, 0.3) is 5.56 Å². The number of benzene rings is 1. The zero-order valence-corrected chi connectivity index (χ0v) is 18.6. The molecule has 0 amide bonds. The molecule has 1 fully saturated rings. The Morgan fingerprint density at radius 3 is 2.71 bits per heavy atom. The van der Waals surface area contributed by atoms with Crippen molar-refractivity contribution < 1.29 is 9.53 Å². The SMILES string of the molecule is CCCCNc1ncc2c3ccc(Cl)cc3c(=O)n([C@H]3CC[C@H](C(=O)OC)CC3)c2n1. The van der Waals surface area contributed by atoms with E-state index in [0.717, 1.165) is 30.2 Å². The minimum atomic E-state index is -0.175. The van der Waals surface area contributed by atoms with Crippen molar-refractivity contribution in [2.75, 3.05) is 19.0 Å². The molecule has 8 heteroatoms. The van der Waals surface area contributed by atoms with Gasteiger partial charge in [0, 0.05) is 34.6 Å². The summed E-state index contributed by atoms with van der Waals surface area (Å²) >= 11 is 6.21. The Hall–Kier alpha value is -2.67. The van der Waals surface area contributed by atoms with E-state index in [1.807, 2.05) is 6.07 Å². The Labute approximate surface area is 185 Å². The molecular weight excluding hydrogens is 416 g/mol. The van der Waals surface area contributed by atoms with Crippen molar-refractivity contribution in [1.29, 1.82) is 0 Å². The second-order valence-electron chi connectivity index (χ2n) is 8.10. The molecule has 0 radical (unpaired) electrons. The third kappa shape index (κ3) is 4.24. The number of rotatable bonds is 6. The molecule has 0 unspecified atom stereocenters. The summed E-state index contributed by atoms with van der Waals surface area (Å²) in [5, 5.41) is 5.95. The van der Waals surface area contributed by atoms with Gasteiger partial charge in [-0.05, 0) is 49.6 Å². The van der Waals surface area contributed by atoms with Gasteiger partial charge in [0.15, 0.2) is 0 Å². The fourth-order valence-electron chi connectivity index (χ4n) is 4.44. The summed E-state index contributed by atoms with van der Waals surface area (Å²) in [7, 11) is 1.42. The minimum absolute atomic E-state index is 0.0438. The maximum absolute atomic E-state index is 13.6. The highest BCUT2D eigenvalue weighted by atomic mass is 35.5. The van der Waals surface area contributed by atoms with E-state index in [-0.39, 0.29) is 23.5 Å². The van der Waals surface area contributed by atoms with Crippen LogP contribution in [0.4, 0.5) is 5.95 Å². The lowest BCUT2D eigenvalue weighted by Gasteiger charge is -2.29. The number of fused-ring (bicyclic) bond motifs is 3. The molecular formula is C23H27ClN4O3. The second kappa shape index (κ2) is 9.22. The molecule has 0 saturated heterocycles. The van der Waals surface area contributed by atoms with Crippen LogP contribution in [0.25, 0.3) is 21.8 Å². The fourth-order valence-corrected chi connectivity index (χ4v) is 4.61. The molecule has 1 aliphatic rings. The first-order valence-corrected chi connectivity index (χ1v) is 11.2. The summed E-state index contributed by atoms with van der Waals surface area (Å²) in [6, 6.07) is 5.30. The number of hydrogen-bond acceptors (Lipinski definition) is 6. The van der Waals surface area contributed by atoms with Gasteiger partial charge in [0.2, 0.25) is 5.95 Å². The molecule has 1 aliphatic carbocycles. The summed E-state index contributed by atoms with van der Waals surface area (Å²) in [6.45, 7) is 2.90. The van der Waals surface area contributed by atoms with E-state index in [4.69, 9.17) is 21.3 Å². The van der Waals surface area contributed by atoms with E-state index in [1.54, 1.807) is 22.9 Å². The number of halogens is 1. The average Bonchev–Trinajstić information content (AvgIpc) is 2.79. The summed E-state index contributed by atoms with van der Waals surface area (Å²) in [5.74, 6) is 0.232. The highest BCUT2D eigenvalue weighted by Gasteiger charge is 2.30. The van der Waals surface area contributed by atoms with Crippen molar-refractivity contribution in [3.63, 3.8) is 0 Å². The average molecular weight is 443 g/mol. The molecule has 1 aromatic carbocycles. The molecule has 0 spiro atoms. The second-order valence-corrected chi connectivity index (χ2v) is 8.54. The molecule has 164 valence electrons. The zero-order valence-electron chi connectivity index (χ0n) is 17.9. The normalized spacial score (nSPS) is 18.9. The predicted molar refractivity (Wildman–Crippen MR) is 123 cm³/mol. The number of unbranched alkanes of at least 4 members (excludes halogenated alkanes) is 1. The standard InChI is InChI=1S/C23H27ClN4O3/c1-3-4-11-25-23-26-13-19-17-10-7-15(24)12-18(17)21(29)28(20(19)27-23)16-8-5-14(6-9-16)22(30)31-2/h7,10,12-14,16H,3-6,8-9,11H2,1-2H3,(H,25,26,27)/t14-,16-. The van der Waals surface area contributed by atoms with E-state index in [1.165, 1.54) is 7.11 Å². The maximum atomic E-state index is 13.6. The van der Waals surface area contributed by atoms with Crippen LogP contribution >= 0.6 is 11.6 Å². The molecule has 2 aromatic heterocycles. The van der Waals surface area contributed by atoms with Gasteiger partial charge < -0.3 is 10.1 Å². The molecule has 4 rings (SSSR count). The number of aromatic nitrogens is 3. The fraction of sp³-hybridized carbons (Fsp3) is 0.478. The number of nitrogens with one attached hydrogen (secondary N) is 1. The molecule has 0 atom stereocenters. The number of hydrogen-bond donors (Lipinski definition) is 1. The van der Waals surface area contributed by atoms with Gasteiger partial charge >= 0.3 is 5.97 Å². The van der Waals surface area contributed by atoms with E-state index in [9.17, 15) is 9.59 Å². The molecule has 7 nitrogen and oxygen atoms in total. The largest absolute Gasteiger partial charge is 0.469 e. The number of anilines is 1. The number of ether oxygens (including phenoxy) is 1. The maximum Gasteiger partial charge on any atom is 0.308 e. The van der Waals surface area contributed by atoms with Gasteiger partial charge in [-0.25, -0.2) is 4.98 Å². The molecule has 3 aromatic rings. The Bertz CT molecular complexity index is 1170. The number of nitrogens with zero attached hydrogens (tertiary/aromatic N) is 3. The van der Waals surface area contributed by atoms with Crippen LogP contribution < -0.4 is 10.9 Å². The van der Waals surface area contributed by atoms with Gasteiger partial charge in [-0.1, -0.05) is 31.0 Å². The van der Waals surface area contributed by atoms with Crippen LogP contribution in [0.2, 0.25) is 5.02 Å². The van der Waals surface area contributed by atoms with Gasteiger partial charge in [0.05, 0.1) is 13.0 Å². The Balaban J connectivity index is 1.82. The predicted octanol–water partition coefficient (Wildman–Crippen LogP) is 4.71. The van der Waals surface area contributed by atoms with Crippen LogP contribution in [-0.4, -0.2) is 34.2 Å². The minimum Gasteiger partial charge on any atom is -0.469 e. The van der Waals surface area contributed by atoms with E-state index >= 15 is 0 Å². The third-order valence-corrected chi connectivity index (χ3v) is 6.36. The number of pyridine rings is 1. The van der Waals surface area contributed by atoms with Gasteiger partial charge in [0.1, 0.15) is 5.65 Å². The zero-order chi connectivity index (χ0) is 22.0. The summed E-state index contributed by atoms with van der Waals surface area (Å²) in [4.78, 5) is 34.7. The Kier molecular flexibility index (Phi) is 6.41. The molecule has 1 saturated carbocycles. The molecule has 0 bridgehead atoms. The number of methoxy groups -OCH3 is 1. The van der Waals surface area contributed by atoms with Crippen LogP contribution in [0.3, 0.4) is 0 Å². The smallest absolute Gasteiger partial charge is 0.308 e. The van der Waals surface area contributed by atoms with Gasteiger partial charge in [-0.15, -0.1) is 0 Å². The van der Waals surface area contributed by atoms with Crippen LogP contribution in [0.5, 0.6) is 0 Å². The van der Waals surface area contributed by atoms with Crippen molar-refractivity contribution in [2.24, 2.45) is 5.92 Å². The third-order valence-electron chi connectivity index (χ3n) is 6.13. The number of esters is 1. The Morgan fingerprint density at radius 1 is 1.23 bits per heavy atom. The van der Waals surface area contributed by atoms with E-state index < -0.39 is 0 Å². The lowest BCUT2D eigenvalue weighted by Crippen LogP contribution is -2.31. The quantitative estimate of drug-likeness (QED) is 0.338. The van der Waals surface area contributed by atoms with Crippen LogP contribution in [0.1, 0.15) is 51.5 Å². The van der Waals surface area contributed by atoms with Gasteiger partial charge in [-0.2, -0.15) is 4.98 Å². The highest BCUT2D eigenvalue weighted by molar-refractivity contribution is 6.31. The van der Waals surface area contributed by atoms with Crippen LogP contribution in [0, 0.1) is 5.92 Å². The van der Waals surface area contributed by atoms with E-state index in [2.05, 4.69) is 17.2 Å². The number of carbonyl (C=O) groups excluding carboxylic acids is 1.